The Balaban J connectivity index is 1.64. The standard InChI is InChI=1S/C24H16Cl2N4/c1-16-12-14-29(18-6-4-5-17(25)15-18)28-24(16)23-11-13-27-30(23)22-10-9-21(26)19-7-2-3-8-20(19)22/h2-15H,1H2. The third-order valence-electron chi connectivity index (χ3n) is 4.96. The number of fused-ring (bicyclic) bond motifs is 1. The summed E-state index contributed by atoms with van der Waals surface area (Å²) in [6, 6.07) is 21.4. The van der Waals surface area contributed by atoms with Crippen LogP contribution in [-0.4, -0.2) is 15.5 Å². The van der Waals surface area contributed by atoms with Gasteiger partial charge in [-0.1, -0.05) is 60.1 Å². The predicted molar refractivity (Wildman–Crippen MR) is 125 cm³/mol. The molecule has 3 aromatic carbocycles. The van der Waals surface area contributed by atoms with Crippen LogP contribution in [-0.2, 0) is 0 Å². The van der Waals surface area contributed by atoms with Gasteiger partial charge in [0.25, 0.3) is 0 Å². The Morgan fingerprint density at radius 2 is 1.70 bits per heavy atom. The van der Waals surface area contributed by atoms with E-state index in [1.54, 1.807) is 11.2 Å². The van der Waals surface area contributed by atoms with E-state index in [0.717, 1.165) is 39.1 Å². The molecule has 30 heavy (non-hydrogen) atoms. The second kappa shape index (κ2) is 7.48. The second-order valence-electron chi connectivity index (χ2n) is 6.85. The number of hydrogen-bond donors (Lipinski definition) is 0. The average molecular weight is 431 g/mol. The average Bonchev–Trinajstić information content (AvgIpc) is 3.24. The Morgan fingerprint density at radius 1 is 0.867 bits per heavy atom. The minimum Gasteiger partial charge on any atom is -0.240 e. The first-order chi connectivity index (χ1) is 14.6. The van der Waals surface area contributed by atoms with E-state index in [-0.39, 0.29) is 0 Å². The van der Waals surface area contributed by atoms with E-state index in [4.69, 9.17) is 28.3 Å². The molecule has 0 fully saturated rings. The predicted octanol–water partition coefficient (Wildman–Crippen LogP) is 6.63. The molecular formula is C24H16Cl2N4. The molecule has 0 N–H and O–H groups in total. The molecule has 0 radical (unpaired) electrons. The molecule has 1 aromatic heterocycles. The molecule has 146 valence electrons. The highest BCUT2D eigenvalue weighted by Gasteiger charge is 2.20. The van der Waals surface area contributed by atoms with Gasteiger partial charge in [-0.05, 0) is 48.0 Å². The number of allylic oxidation sites excluding steroid dienone is 2. The molecule has 4 nitrogen and oxygen atoms in total. The molecule has 0 spiro atoms. The molecule has 0 aliphatic carbocycles. The molecule has 1 aliphatic rings. The molecule has 0 unspecified atom stereocenters. The maximum atomic E-state index is 6.41. The van der Waals surface area contributed by atoms with Crippen molar-refractivity contribution in [3.8, 4) is 5.69 Å². The van der Waals surface area contributed by atoms with Gasteiger partial charge in [0, 0.05) is 27.0 Å². The van der Waals surface area contributed by atoms with Gasteiger partial charge >= 0.3 is 0 Å². The van der Waals surface area contributed by atoms with E-state index in [0.29, 0.717) is 10.0 Å². The third kappa shape index (κ3) is 3.20. The van der Waals surface area contributed by atoms with E-state index in [1.807, 2.05) is 83.7 Å². The highest BCUT2D eigenvalue weighted by atomic mass is 35.5. The lowest BCUT2D eigenvalue weighted by molar-refractivity contribution is 0.875. The first kappa shape index (κ1) is 18.7. The summed E-state index contributed by atoms with van der Waals surface area (Å²) in [6.07, 6.45) is 5.56. The molecule has 0 saturated carbocycles. The van der Waals surface area contributed by atoms with Crippen LogP contribution in [0.2, 0.25) is 10.0 Å². The van der Waals surface area contributed by atoms with Crippen LogP contribution in [0.25, 0.3) is 16.5 Å². The zero-order valence-corrected chi connectivity index (χ0v) is 17.3. The number of benzene rings is 3. The third-order valence-corrected chi connectivity index (χ3v) is 5.53. The van der Waals surface area contributed by atoms with Crippen LogP contribution in [0.3, 0.4) is 0 Å². The quantitative estimate of drug-likeness (QED) is 0.365. The highest BCUT2D eigenvalue weighted by molar-refractivity contribution is 6.35. The van der Waals surface area contributed by atoms with Gasteiger partial charge in [0.2, 0.25) is 0 Å². The van der Waals surface area contributed by atoms with Gasteiger partial charge in [-0.3, -0.25) is 0 Å². The van der Waals surface area contributed by atoms with Gasteiger partial charge in [0.05, 0.1) is 23.3 Å². The van der Waals surface area contributed by atoms with Crippen molar-refractivity contribution in [1.82, 2.24) is 9.78 Å². The van der Waals surface area contributed by atoms with Gasteiger partial charge in [0.1, 0.15) is 5.71 Å². The van der Waals surface area contributed by atoms with Crippen molar-refractivity contribution >= 4 is 45.4 Å². The van der Waals surface area contributed by atoms with Crippen LogP contribution in [0.1, 0.15) is 5.69 Å². The summed E-state index contributed by atoms with van der Waals surface area (Å²) in [5.41, 5.74) is 4.16. The Bertz CT molecular complexity index is 1350. The second-order valence-corrected chi connectivity index (χ2v) is 7.70. The number of nitrogens with zero attached hydrogens (tertiary/aromatic N) is 4. The Hall–Kier alpha value is -3.34. The Labute approximate surface area is 184 Å². The van der Waals surface area contributed by atoms with Gasteiger partial charge in [-0.25, -0.2) is 9.69 Å². The lowest BCUT2D eigenvalue weighted by Crippen LogP contribution is -2.21. The van der Waals surface area contributed by atoms with Crippen LogP contribution in [0, 0.1) is 0 Å². The summed E-state index contributed by atoms with van der Waals surface area (Å²) >= 11 is 12.6. The number of hydrazone groups is 1. The highest BCUT2D eigenvalue weighted by Crippen LogP contribution is 2.30. The summed E-state index contributed by atoms with van der Waals surface area (Å²) in [6.45, 7) is 4.18. The van der Waals surface area contributed by atoms with Crippen LogP contribution >= 0.6 is 23.2 Å². The maximum Gasteiger partial charge on any atom is 0.116 e. The van der Waals surface area contributed by atoms with E-state index < -0.39 is 0 Å². The fourth-order valence-electron chi connectivity index (χ4n) is 3.53. The largest absolute Gasteiger partial charge is 0.240 e. The van der Waals surface area contributed by atoms with Crippen molar-refractivity contribution in [2.75, 3.05) is 5.01 Å². The first-order valence-electron chi connectivity index (χ1n) is 9.35. The minimum absolute atomic E-state index is 0.653. The molecular weight excluding hydrogens is 415 g/mol. The van der Waals surface area contributed by atoms with Crippen LogP contribution in [0.4, 0.5) is 5.69 Å². The molecule has 0 bridgehead atoms. The molecule has 0 amide bonds. The zero-order chi connectivity index (χ0) is 20.7. The van der Waals surface area contributed by atoms with Crippen molar-refractivity contribution in [2.45, 2.75) is 0 Å². The first-order valence-corrected chi connectivity index (χ1v) is 10.1. The van der Waals surface area contributed by atoms with Gasteiger partial charge in [-0.15, -0.1) is 0 Å². The zero-order valence-electron chi connectivity index (χ0n) is 15.8. The van der Waals surface area contributed by atoms with Crippen molar-refractivity contribution in [2.24, 2.45) is 5.10 Å². The van der Waals surface area contributed by atoms with Gasteiger partial charge in [0.15, 0.2) is 0 Å². The van der Waals surface area contributed by atoms with Crippen molar-refractivity contribution < 1.29 is 0 Å². The van der Waals surface area contributed by atoms with Crippen molar-refractivity contribution in [3.63, 3.8) is 0 Å². The molecule has 2 heterocycles. The maximum absolute atomic E-state index is 6.41. The van der Waals surface area contributed by atoms with E-state index in [1.165, 1.54) is 0 Å². The smallest absolute Gasteiger partial charge is 0.116 e. The monoisotopic (exact) mass is 430 g/mol. The number of rotatable bonds is 3. The summed E-state index contributed by atoms with van der Waals surface area (Å²) in [7, 11) is 0. The van der Waals surface area contributed by atoms with E-state index in [9.17, 15) is 0 Å². The van der Waals surface area contributed by atoms with Crippen LogP contribution < -0.4 is 5.01 Å². The lowest BCUT2D eigenvalue weighted by atomic mass is 10.1. The summed E-state index contributed by atoms with van der Waals surface area (Å²) in [5.74, 6) is 0. The Kier molecular flexibility index (Phi) is 4.66. The fourth-order valence-corrected chi connectivity index (χ4v) is 3.94. The van der Waals surface area contributed by atoms with E-state index >= 15 is 0 Å². The van der Waals surface area contributed by atoms with Gasteiger partial charge in [-0.2, -0.15) is 10.2 Å². The SMILES string of the molecule is C=C1C=CN(c2cccc(Cl)c2)N=C1c1ccnn1-c1ccc(Cl)c2ccccc12. The number of aromatic nitrogens is 2. The summed E-state index contributed by atoms with van der Waals surface area (Å²) in [4.78, 5) is 0. The molecule has 0 atom stereocenters. The number of hydrogen-bond acceptors (Lipinski definition) is 3. The van der Waals surface area contributed by atoms with Gasteiger partial charge < -0.3 is 0 Å². The number of anilines is 1. The summed E-state index contributed by atoms with van der Waals surface area (Å²) < 4.78 is 1.87. The van der Waals surface area contributed by atoms with Crippen molar-refractivity contribution in [1.29, 1.82) is 0 Å². The normalized spacial score (nSPS) is 13.7. The summed E-state index contributed by atoms with van der Waals surface area (Å²) in [5, 5.41) is 14.5. The molecule has 4 aromatic rings. The molecule has 5 rings (SSSR count). The van der Waals surface area contributed by atoms with E-state index in [2.05, 4.69) is 11.7 Å². The number of halogens is 2. The topological polar surface area (TPSA) is 33.4 Å². The fraction of sp³-hybridized carbons (Fsp3) is 0. The van der Waals surface area contributed by atoms with Crippen LogP contribution in [0.5, 0.6) is 0 Å². The van der Waals surface area contributed by atoms with Crippen molar-refractivity contribution in [3.05, 3.63) is 113 Å². The molecule has 6 heteroatoms. The molecule has 1 aliphatic heterocycles. The van der Waals surface area contributed by atoms with Crippen LogP contribution in [0.15, 0.2) is 102 Å². The lowest BCUT2D eigenvalue weighted by Gasteiger charge is -2.22. The minimum atomic E-state index is 0.653. The Morgan fingerprint density at radius 3 is 2.53 bits per heavy atom. The molecule has 0 saturated heterocycles.